The summed E-state index contributed by atoms with van der Waals surface area (Å²) in [4.78, 5) is 9.16. The van der Waals surface area contributed by atoms with Gasteiger partial charge in [-0.1, -0.05) is 0 Å². The second-order valence-corrected chi connectivity index (χ2v) is 6.48. The van der Waals surface area contributed by atoms with Crippen molar-refractivity contribution >= 4 is 44.8 Å². The van der Waals surface area contributed by atoms with Gasteiger partial charge in [-0.25, -0.2) is 9.97 Å². The van der Waals surface area contributed by atoms with E-state index in [1.807, 2.05) is 30.5 Å². The SMILES string of the molecule is C#Cc1csc(-c2cc(I)c3ccc(OC)c(C)c3n2)n1. The van der Waals surface area contributed by atoms with Gasteiger partial charge in [0.1, 0.15) is 22.1 Å². The zero-order valence-electron chi connectivity index (χ0n) is 11.5. The third-order valence-corrected chi connectivity index (χ3v) is 4.98. The number of aromatic nitrogens is 2. The molecular weight excluding hydrogens is 395 g/mol. The Morgan fingerprint density at radius 3 is 2.81 bits per heavy atom. The van der Waals surface area contributed by atoms with E-state index < -0.39 is 0 Å². The van der Waals surface area contributed by atoms with Crippen LogP contribution < -0.4 is 4.74 Å². The van der Waals surface area contributed by atoms with Crippen molar-refractivity contribution in [2.75, 3.05) is 7.11 Å². The van der Waals surface area contributed by atoms with Crippen LogP contribution in [-0.2, 0) is 0 Å². The number of rotatable bonds is 2. The van der Waals surface area contributed by atoms with Gasteiger partial charge < -0.3 is 4.74 Å². The zero-order valence-corrected chi connectivity index (χ0v) is 14.4. The number of aryl methyl sites for hydroxylation is 1. The molecule has 0 bridgehead atoms. The van der Waals surface area contributed by atoms with Crippen molar-refractivity contribution in [1.29, 1.82) is 0 Å². The van der Waals surface area contributed by atoms with Crippen molar-refractivity contribution in [1.82, 2.24) is 9.97 Å². The molecule has 3 rings (SSSR count). The van der Waals surface area contributed by atoms with E-state index in [0.717, 1.165) is 36.5 Å². The second-order valence-electron chi connectivity index (χ2n) is 4.46. The van der Waals surface area contributed by atoms with E-state index in [9.17, 15) is 0 Å². The number of hydrogen-bond acceptors (Lipinski definition) is 4. The molecule has 5 heteroatoms. The number of thiazole rings is 1. The Labute approximate surface area is 140 Å². The van der Waals surface area contributed by atoms with E-state index in [4.69, 9.17) is 16.1 Å². The number of ether oxygens (including phenoxy) is 1. The summed E-state index contributed by atoms with van der Waals surface area (Å²) < 4.78 is 6.51. The first-order chi connectivity index (χ1) is 10.1. The number of nitrogens with zero attached hydrogens (tertiary/aromatic N) is 2. The molecule has 0 saturated heterocycles. The number of hydrogen-bond donors (Lipinski definition) is 0. The molecule has 0 N–H and O–H groups in total. The quantitative estimate of drug-likeness (QED) is 0.471. The Morgan fingerprint density at radius 1 is 1.33 bits per heavy atom. The Morgan fingerprint density at radius 2 is 2.14 bits per heavy atom. The molecule has 2 heterocycles. The summed E-state index contributed by atoms with van der Waals surface area (Å²) in [6, 6.07) is 6.05. The molecule has 0 aliphatic rings. The van der Waals surface area contributed by atoms with Gasteiger partial charge in [-0.2, -0.15) is 0 Å². The van der Waals surface area contributed by atoms with Crippen LogP contribution in [-0.4, -0.2) is 17.1 Å². The lowest BCUT2D eigenvalue weighted by Crippen LogP contribution is -1.94. The van der Waals surface area contributed by atoms with Crippen LogP contribution in [0.2, 0.25) is 0 Å². The number of pyridine rings is 1. The predicted octanol–water partition coefficient (Wildman–Crippen LogP) is 4.26. The molecule has 0 atom stereocenters. The second kappa shape index (κ2) is 5.62. The highest BCUT2D eigenvalue weighted by molar-refractivity contribution is 14.1. The first-order valence-electron chi connectivity index (χ1n) is 6.20. The third-order valence-electron chi connectivity index (χ3n) is 3.23. The highest BCUT2D eigenvalue weighted by Gasteiger charge is 2.12. The average Bonchev–Trinajstić information content (AvgIpc) is 2.97. The smallest absolute Gasteiger partial charge is 0.143 e. The van der Waals surface area contributed by atoms with Crippen molar-refractivity contribution in [2.45, 2.75) is 6.92 Å². The van der Waals surface area contributed by atoms with Crippen LogP contribution >= 0.6 is 33.9 Å². The van der Waals surface area contributed by atoms with Crippen LogP contribution in [0.5, 0.6) is 5.75 Å². The van der Waals surface area contributed by atoms with Crippen molar-refractivity contribution in [3.63, 3.8) is 0 Å². The molecule has 3 nitrogen and oxygen atoms in total. The molecule has 0 unspecified atom stereocenters. The van der Waals surface area contributed by atoms with Gasteiger partial charge >= 0.3 is 0 Å². The van der Waals surface area contributed by atoms with Gasteiger partial charge in [0.15, 0.2) is 0 Å². The maximum atomic E-state index is 5.38. The van der Waals surface area contributed by atoms with Crippen LogP contribution in [0.15, 0.2) is 23.6 Å². The average molecular weight is 406 g/mol. The van der Waals surface area contributed by atoms with Gasteiger partial charge in [0.2, 0.25) is 0 Å². The molecule has 0 fully saturated rings. The Kier molecular flexibility index (Phi) is 3.83. The van der Waals surface area contributed by atoms with Gasteiger partial charge in [-0.3, -0.25) is 0 Å². The lowest BCUT2D eigenvalue weighted by Gasteiger charge is -2.10. The molecule has 0 aliphatic carbocycles. The van der Waals surface area contributed by atoms with Crippen molar-refractivity contribution in [3.8, 4) is 28.8 Å². The van der Waals surface area contributed by atoms with E-state index in [1.54, 1.807) is 7.11 Å². The van der Waals surface area contributed by atoms with Crippen molar-refractivity contribution in [2.24, 2.45) is 0 Å². The fourth-order valence-corrected chi connectivity index (χ4v) is 3.61. The Bertz CT molecular complexity index is 880. The minimum absolute atomic E-state index is 0.647. The topological polar surface area (TPSA) is 35.0 Å². The highest BCUT2D eigenvalue weighted by atomic mass is 127. The number of halogens is 1. The van der Waals surface area contributed by atoms with Gasteiger partial charge in [0.25, 0.3) is 0 Å². The summed E-state index contributed by atoms with van der Waals surface area (Å²) >= 11 is 3.83. The van der Waals surface area contributed by atoms with Crippen molar-refractivity contribution in [3.05, 3.63) is 38.4 Å². The van der Waals surface area contributed by atoms with Crippen LogP contribution in [0.25, 0.3) is 21.6 Å². The molecule has 2 aromatic heterocycles. The standard InChI is InChI=1S/C16H11IN2OS/c1-4-10-8-21-16(18-10)13-7-12(17)11-5-6-14(20-3)9(2)15(11)19-13/h1,5-8H,2-3H3. The molecule has 3 aromatic rings. The fraction of sp³-hybridized carbons (Fsp3) is 0.125. The largest absolute Gasteiger partial charge is 0.496 e. The normalized spacial score (nSPS) is 10.6. The molecular formula is C16H11IN2OS. The summed E-state index contributed by atoms with van der Waals surface area (Å²) in [7, 11) is 1.67. The molecule has 0 aliphatic heterocycles. The number of terminal acetylenes is 1. The summed E-state index contributed by atoms with van der Waals surface area (Å²) in [5.74, 6) is 3.39. The van der Waals surface area contributed by atoms with E-state index in [0.29, 0.717) is 5.69 Å². The summed E-state index contributed by atoms with van der Waals surface area (Å²) in [5.41, 5.74) is 3.46. The van der Waals surface area contributed by atoms with E-state index >= 15 is 0 Å². The minimum Gasteiger partial charge on any atom is -0.496 e. The van der Waals surface area contributed by atoms with Gasteiger partial charge in [-0.15, -0.1) is 17.8 Å². The van der Waals surface area contributed by atoms with Crippen LogP contribution in [0.1, 0.15) is 11.3 Å². The Hall–Kier alpha value is -1.65. The molecule has 0 amide bonds. The maximum absolute atomic E-state index is 5.38. The van der Waals surface area contributed by atoms with Gasteiger partial charge in [0, 0.05) is 19.9 Å². The molecule has 0 radical (unpaired) electrons. The van der Waals surface area contributed by atoms with E-state index in [2.05, 4.69) is 33.5 Å². The molecule has 0 saturated carbocycles. The van der Waals surface area contributed by atoms with Gasteiger partial charge in [0.05, 0.1) is 12.6 Å². The maximum Gasteiger partial charge on any atom is 0.143 e. The first-order valence-corrected chi connectivity index (χ1v) is 8.16. The summed E-state index contributed by atoms with van der Waals surface area (Å²) in [6.45, 7) is 2.02. The Balaban J connectivity index is 2.26. The minimum atomic E-state index is 0.647. The predicted molar refractivity (Wildman–Crippen MR) is 94.8 cm³/mol. The van der Waals surface area contributed by atoms with Gasteiger partial charge in [-0.05, 0) is 53.6 Å². The first kappa shape index (κ1) is 14.3. The van der Waals surface area contributed by atoms with Crippen LogP contribution in [0.4, 0.5) is 0 Å². The molecule has 1 aromatic carbocycles. The van der Waals surface area contributed by atoms with E-state index in [-0.39, 0.29) is 0 Å². The zero-order chi connectivity index (χ0) is 15.0. The summed E-state index contributed by atoms with van der Waals surface area (Å²) in [6.07, 6.45) is 5.38. The highest BCUT2D eigenvalue weighted by Crippen LogP contribution is 2.32. The monoisotopic (exact) mass is 406 g/mol. The molecule has 21 heavy (non-hydrogen) atoms. The number of benzene rings is 1. The van der Waals surface area contributed by atoms with Crippen molar-refractivity contribution < 1.29 is 4.74 Å². The number of fused-ring (bicyclic) bond motifs is 1. The van der Waals surface area contributed by atoms with Crippen LogP contribution in [0, 0.1) is 22.8 Å². The number of methoxy groups -OCH3 is 1. The fourth-order valence-electron chi connectivity index (χ4n) is 2.16. The van der Waals surface area contributed by atoms with Crippen LogP contribution in [0.3, 0.4) is 0 Å². The lowest BCUT2D eigenvalue weighted by atomic mass is 10.1. The molecule has 104 valence electrons. The molecule has 0 spiro atoms. The third kappa shape index (κ3) is 2.49. The summed E-state index contributed by atoms with van der Waals surface area (Å²) in [5, 5.41) is 3.82. The van der Waals surface area contributed by atoms with E-state index in [1.165, 1.54) is 11.3 Å². The lowest BCUT2D eigenvalue weighted by molar-refractivity contribution is 0.412.